The molecule has 2 N–H and O–H groups in total. The van der Waals surface area contributed by atoms with Crippen molar-refractivity contribution in [3.63, 3.8) is 0 Å². The van der Waals surface area contributed by atoms with Crippen molar-refractivity contribution in [3.8, 4) is 17.2 Å². The smallest absolute Gasteiger partial charge is 0.200 e. The highest BCUT2D eigenvalue weighted by molar-refractivity contribution is 5.52. The molecule has 19 heavy (non-hydrogen) atoms. The molecule has 0 aromatic heterocycles. The number of methoxy groups -OCH3 is 3. The molecule has 2 rings (SSSR count). The molecule has 0 atom stereocenters. The van der Waals surface area contributed by atoms with Crippen molar-refractivity contribution in [2.75, 3.05) is 21.3 Å². The van der Waals surface area contributed by atoms with E-state index in [2.05, 4.69) is 5.32 Å². The van der Waals surface area contributed by atoms with Gasteiger partial charge in [-0.2, -0.15) is 0 Å². The fourth-order valence-corrected chi connectivity index (χ4v) is 2.24. The molecule has 1 aromatic rings. The Morgan fingerprint density at radius 1 is 1.16 bits per heavy atom. The van der Waals surface area contributed by atoms with Gasteiger partial charge in [-0.3, -0.25) is 0 Å². The minimum absolute atomic E-state index is 0.0387. The second-order valence-electron chi connectivity index (χ2n) is 4.76. The van der Waals surface area contributed by atoms with Crippen LogP contribution < -0.4 is 14.8 Å². The fraction of sp³-hybridized carbons (Fsp3) is 0.571. The number of hydrogen-bond donors (Lipinski definition) is 2. The standard InChI is InChI=1S/C14H21NO4/c1-17-11-6-10(7-11)15-8-9-4-12(18-2)14(16)13(5-9)19-3/h4-5,10-11,15-16H,6-8H2,1-3H3. The van der Waals surface area contributed by atoms with Gasteiger partial charge < -0.3 is 24.6 Å². The van der Waals surface area contributed by atoms with E-state index in [4.69, 9.17) is 14.2 Å². The van der Waals surface area contributed by atoms with E-state index in [-0.39, 0.29) is 5.75 Å². The number of aromatic hydroxyl groups is 1. The maximum atomic E-state index is 9.83. The SMILES string of the molecule is COc1cc(CNC2CC(OC)C2)cc(OC)c1O. The first-order valence-corrected chi connectivity index (χ1v) is 6.38. The lowest BCUT2D eigenvalue weighted by atomic mass is 9.89. The molecule has 106 valence electrons. The van der Waals surface area contributed by atoms with Crippen LogP contribution in [-0.2, 0) is 11.3 Å². The molecule has 0 amide bonds. The van der Waals surface area contributed by atoms with Gasteiger partial charge in [0.2, 0.25) is 5.75 Å². The summed E-state index contributed by atoms with van der Waals surface area (Å²) in [6.07, 6.45) is 2.48. The van der Waals surface area contributed by atoms with E-state index in [1.807, 2.05) is 12.1 Å². The summed E-state index contributed by atoms with van der Waals surface area (Å²) in [5, 5.41) is 13.3. The average Bonchev–Trinajstić information content (AvgIpc) is 2.38. The van der Waals surface area contributed by atoms with E-state index in [0.29, 0.717) is 30.2 Å². The van der Waals surface area contributed by atoms with Crippen molar-refractivity contribution in [1.82, 2.24) is 5.32 Å². The van der Waals surface area contributed by atoms with Crippen molar-refractivity contribution in [3.05, 3.63) is 17.7 Å². The summed E-state index contributed by atoms with van der Waals surface area (Å²) in [6, 6.07) is 4.13. The number of nitrogens with one attached hydrogen (secondary N) is 1. The Morgan fingerprint density at radius 2 is 1.74 bits per heavy atom. The molecule has 1 fully saturated rings. The highest BCUT2D eigenvalue weighted by atomic mass is 16.5. The molecule has 0 saturated heterocycles. The predicted octanol–water partition coefficient (Wildman–Crippen LogP) is 1.68. The highest BCUT2D eigenvalue weighted by Crippen LogP contribution is 2.37. The molecule has 1 aliphatic carbocycles. The van der Waals surface area contributed by atoms with E-state index in [1.165, 1.54) is 14.2 Å². The summed E-state index contributed by atoms with van der Waals surface area (Å²) in [5.74, 6) is 0.899. The molecule has 0 spiro atoms. The van der Waals surface area contributed by atoms with Crippen LogP contribution in [0.3, 0.4) is 0 Å². The number of ether oxygens (including phenoxy) is 3. The van der Waals surface area contributed by atoms with Gasteiger partial charge in [0.15, 0.2) is 11.5 Å². The Bertz CT molecular complexity index is 404. The fourth-order valence-electron chi connectivity index (χ4n) is 2.24. The molecule has 1 aromatic carbocycles. The van der Waals surface area contributed by atoms with Crippen molar-refractivity contribution in [1.29, 1.82) is 0 Å². The third-order valence-electron chi connectivity index (χ3n) is 3.56. The molecule has 5 heteroatoms. The molecule has 0 radical (unpaired) electrons. The normalized spacial score (nSPS) is 21.8. The highest BCUT2D eigenvalue weighted by Gasteiger charge is 2.28. The second kappa shape index (κ2) is 6.12. The molecule has 1 aliphatic rings. The van der Waals surface area contributed by atoms with Gasteiger partial charge in [0.25, 0.3) is 0 Å². The minimum atomic E-state index is 0.0387. The number of phenols is 1. The second-order valence-corrected chi connectivity index (χ2v) is 4.76. The monoisotopic (exact) mass is 267 g/mol. The van der Waals surface area contributed by atoms with Crippen LogP contribution in [0.25, 0.3) is 0 Å². The number of benzene rings is 1. The summed E-state index contributed by atoms with van der Waals surface area (Å²) in [6.45, 7) is 0.716. The average molecular weight is 267 g/mol. The van der Waals surface area contributed by atoms with Crippen LogP contribution in [0.15, 0.2) is 12.1 Å². The Kier molecular flexibility index (Phi) is 4.50. The topological polar surface area (TPSA) is 60.0 Å². The maximum Gasteiger partial charge on any atom is 0.200 e. The largest absolute Gasteiger partial charge is 0.502 e. The number of rotatable bonds is 6. The van der Waals surface area contributed by atoms with Gasteiger partial charge in [-0.05, 0) is 30.5 Å². The molecule has 1 saturated carbocycles. The van der Waals surface area contributed by atoms with Crippen LogP contribution in [-0.4, -0.2) is 38.6 Å². The molecule has 0 heterocycles. The van der Waals surface area contributed by atoms with Crippen molar-refractivity contribution in [2.24, 2.45) is 0 Å². The van der Waals surface area contributed by atoms with Gasteiger partial charge in [-0.1, -0.05) is 0 Å². The number of phenolic OH excluding ortho intramolecular Hbond substituents is 1. The van der Waals surface area contributed by atoms with Crippen LogP contribution in [0.1, 0.15) is 18.4 Å². The van der Waals surface area contributed by atoms with E-state index >= 15 is 0 Å². The Hall–Kier alpha value is -1.46. The van der Waals surface area contributed by atoms with E-state index in [1.54, 1.807) is 7.11 Å². The summed E-state index contributed by atoms with van der Waals surface area (Å²) in [7, 11) is 4.80. The Labute approximate surface area is 113 Å². The van der Waals surface area contributed by atoms with Gasteiger partial charge in [0, 0.05) is 19.7 Å². The van der Waals surface area contributed by atoms with Crippen LogP contribution >= 0.6 is 0 Å². The quantitative estimate of drug-likeness (QED) is 0.821. The van der Waals surface area contributed by atoms with Gasteiger partial charge in [-0.25, -0.2) is 0 Å². The lowest BCUT2D eigenvalue weighted by Crippen LogP contribution is -2.44. The Balaban J connectivity index is 1.96. The van der Waals surface area contributed by atoms with Gasteiger partial charge in [0.1, 0.15) is 0 Å². The number of hydrogen-bond acceptors (Lipinski definition) is 5. The van der Waals surface area contributed by atoms with E-state index in [0.717, 1.165) is 18.4 Å². The van der Waals surface area contributed by atoms with Gasteiger partial charge >= 0.3 is 0 Å². The van der Waals surface area contributed by atoms with Crippen LogP contribution in [0.4, 0.5) is 0 Å². The lowest BCUT2D eigenvalue weighted by molar-refractivity contribution is 0.0170. The summed E-state index contributed by atoms with van der Waals surface area (Å²) < 4.78 is 15.5. The first-order chi connectivity index (χ1) is 9.17. The summed E-state index contributed by atoms with van der Waals surface area (Å²) >= 11 is 0. The molecular formula is C14H21NO4. The molecule has 0 bridgehead atoms. The van der Waals surface area contributed by atoms with E-state index in [9.17, 15) is 5.11 Å². The van der Waals surface area contributed by atoms with Crippen molar-refractivity contribution in [2.45, 2.75) is 31.5 Å². The van der Waals surface area contributed by atoms with Crippen molar-refractivity contribution < 1.29 is 19.3 Å². The molecule has 5 nitrogen and oxygen atoms in total. The first kappa shape index (κ1) is 14.0. The van der Waals surface area contributed by atoms with Crippen LogP contribution in [0, 0.1) is 0 Å². The van der Waals surface area contributed by atoms with E-state index < -0.39 is 0 Å². The zero-order valence-corrected chi connectivity index (χ0v) is 11.6. The molecule has 0 unspecified atom stereocenters. The predicted molar refractivity (Wildman–Crippen MR) is 71.9 cm³/mol. The minimum Gasteiger partial charge on any atom is -0.502 e. The third kappa shape index (κ3) is 3.11. The Morgan fingerprint density at radius 3 is 2.21 bits per heavy atom. The summed E-state index contributed by atoms with van der Waals surface area (Å²) in [4.78, 5) is 0. The zero-order chi connectivity index (χ0) is 13.8. The first-order valence-electron chi connectivity index (χ1n) is 6.38. The van der Waals surface area contributed by atoms with Crippen LogP contribution in [0.2, 0.25) is 0 Å². The van der Waals surface area contributed by atoms with Crippen LogP contribution in [0.5, 0.6) is 17.2 Å². The van der Waals surface area contributed by atoms with Gasteiger partial charge in [-0.15, -0.1) is 0 Å². The lowest BCUT2D eigenvalue weighted by Gasteiger charge is -2.34. The molecular weight excluding hydrogens is 246 g/mol. The third-order valence-corrected chi connectivity index (χ3v) is 3.56. The zero-order valence-electron chi connectivity index (χ0n) is 11.6. The van der Waals surface area contributed by atoms with Crippen molar-refractivity contribution >= 4 is 0 Å². The molecule has 0 aliphatic heterocycles. The maximum absolute atomic E-state index is 9.83. The summed E-state index contributed by atoms with van der Waals surface area (Å²) in [5.41, 5.74) is 1.02. The van der Waals surface area contributed by atoms with Gasteiger partial charge in [0.05, 0.1) is 20.3 Å².